The third kappa shape index (κ3) is 38.3. The lowest BCUT2D eigenvalue weighted by molar-refractivity contribution is -0.122. The monoisotopic (exact) mass is 728 g/mol. The van der Waals surface area contributed by atoms with Crippen molar-refractivity contribution in [3.8, 4) is 0 Å². The van der Waals surface area contributed by atoms with Gasteiger partial charge in [0.25, 0.3) is 10.1 Å². The number of hydrogen-bond donors (Lipinski definition) is 3. The maximum atomic E-state index is 12.5. The Kier molecular flexibility index (Phi) is 35.0. The molecular weight excluding hydrogens is 655 g/mol. The molecule has 7 heteroatoms. The fraction of sp³-hybridized carbons (Fsp3) is 0.614. The molecule has 0 heterocycles. The van der Waals surface area contributed by atoms with Gasteiger partial charge in [0.05, 0.1) is 17.9 Å². The number of aliphatic hydroxyl groups is 1. The lowest BCUT2D eigenvalue weighted by atomic mass is 10.1. The van der Waals surface area contributed by atoms with Crippen molar-refractivity contribution >= 4 is 16.0 Å². The van der Waals surface area contributed by atoms with Crippen LogP contribution in [0, 0.1) is 0 Å². The summed E-state index contributed by atoms with van der Waals surface area (Å²) in [6.45, 7) is 4.38. The Morgan fingerprint density at radius 2 is 0.961 bits per heavy atom. The van der Waals surface area contributed by atoms with E-state index in [2.05, 4.69) is 104 Å². The van der Waals surface area contributed by atoms with Crippen molar-refractivity contribution in [3.05, 3.63) is 97.2 Å². The van der Waals surface area contributed by atoms with Gasteiger partial charge in [-0.3, -0.25) is 9.35 Å². The first-order chi connectivity index (χ1) is 24.8. The highest BCUT2D eigenvalue weighted by atomic mass is 32.2. The summed E-state index contributed by atoms with van der Waals surface area (Å²) in [5.74, 6) is -1.05. The second-order valence-corrected chi connectivity index (χ2v) is 14.7. The van der Waals surface area contributed by atoms with Crippen LogP contribution in [-0.2, 0) is 14.9 Å². The summed E-state index contributed by atoms with van der Waals surface area (Å²) in [5, 5.41) is 13.2. The van der Waals surface area contributed by atoms with E-state index in [9.17, 15) is 22.9 Å². The molecule has 0 bridgehead atoms. The molecule has 51 heavy (non-hydrogen) atoms. The number of amides is 1. The Labute approximate surface area is 313 Å². The molecule has 0 radical (unpaired) electrons. The van der Waals surface area contributed by atoms with E-state index in [4.69, 9.17) is 0 Å². The standard InChI is InChI=1S/C44H73NO5S/c1-3-5-7-9-11-13-15-17-19-20-21-22-23-24-26-28-30-32-34-36-38-40-44(47)45-42(41-51(48,49)50)43(46)39-37-35-33-31-29-27-25-18-16-14-12-10-8-6-4-2/h5,7,11,13,16-19,21-22,24,26,29,31,37,39,42-43,46H,3-4,6,8-10,12,14-15,20,23,25,27-28,30,32-36,38,40-41H2,1-2H3,(H,45,47)(H,48,49,50)/b7-5-,13-11-,18-16+,19-17-,22-21-,26-24-,31-29+,39-37+. The topological polar surface area (TPSA) is 104 Å². The van der Waals surface area contributed by atoms with E-state index >= 15 is 0 Å². The van der Waals surface area contributed by atoms with Gasteiger partial charge in [-0.05, 0) is 89.9 Å². The highest BCUT2D eigenvalue weighted by Gasteiger charge is 2.24. The fourth-order valence-electron chi connectivity index (χ4n) is 5.27. The van der Waals surface area contributed by atoms with Gasteiger partial charge in [0.1, 0.15) is 0 Å². The number of aliphatic hydroxyl groups excluding tert-OH is 1. The zero-order chi connectivity index (χ0) is 37.5. The molecule has 0 saturated carbocycles. The lowest BCUT2D eigenvalue weighted by Gasteiger charge is -2.21. The van der Waals surface area contributed by atoms with Crippen molar-refractivity contribution in [1.82, 2.24) is 5.32 Å². The van der Waals surface area contributed by atoms with Crippen LogP contribution in [0.3, 0.4) is 0 Å². The van der Waals surface area contributed by atoms with Crippen molar-refractivity contribution in [2.45, 2.75) is 167 Å². The Bertz CT molecular complexity index is 1160. The molecule has 2 unspecified atom stereocenters. The average Bonchev–Trinajstić information content (AvgIpc) is 3.09. The van der Waals surface area contributed by atoms with Crippen molar-refractivity contribution in [2.24, 2.45) is 0 Å². The Hall–Kier alpha value is -2.74. The molecule has 290 valence electrons. The molecule has 0 aromatic rings. The van der Waals surface area contributed by atoms with Crippen LogP contribution < -0.4 is 5.32 Å². The van der Waals surface area contributed by atoms with Crippen LogP contribution >= 0.6 is 0 Å². The molecule has 1 amide bonds. The number of rotatable bonds is 34. The molecule has 0 aliphatic heterocycles. The highest BCUT2D eigenvalue weighted by molar-refractivity contribution is 7.85. The number of hydrogen-bond acceptors (Lipinski definition) is 4. The van der Waals surface area contributed by atoms with E-state index in [-0.39, 0.29) is 12.3 Å². The van der Waals surface area contributed by atoms with Gasteiger partial charge in [-0.2, -0.15) is 8.42 Å². The summed E-state index contributed by atoms with van der Waals surface area (Å²) in [6.07, 6.45) is 55.3. The van der Waals surface area contributed by atoms with Crippen LogP contribution in [0.2, 0.25) is 0 Å². The van der Waals surface area contributed by atoms with Crippen LogP contribution in [0.25, 0.3) is 0 Å². The lowest BCUT2D eigenvalue weighted by Crippen LogP contribution is -2.46. The third-order valence-corrected chi connectivity index (χ3v) is 9.00. The van der Waals surface area contributed by atoms with Crippen LogP contribution in [-0.4, -0.2) is 41.9 Å². The molecule has 0 rings (SSSR count). The average molecular weight is 728 g/mol. The molecule has 0 aliphatic carbocycles. The first kappa shape index (κ1) is 48.3. The third-order valence-electron chi connectivity index (χ3n) is 8.22. The summed E-state index contributed by atoms with van der Waals surface area (Å²) in [4.78, 5) is 12.5. The summed E-state index contributed by atoms with van der Waals surface area (Å²) < 4.78 is 32.4. The van der Waals surface area contributed by atoms with Crippen LogP contribution in [0.15, 0.2) is 97.2 Å². The smallest absolute Gasteiger partial charge is 0.267 e. The van der Waals surface area contributed by atoms with E-state index in [0.717, 1.165) is 89.9 Å². The molecular formula is C44H73NO5S. The molecule has 0 aromatic carbocycles. The van der Waals surface area contributed by atoms with Crippen molar-refractivity contribution < 1.29 is 22.9 Å². The van der Waals surface area contributed by atoms with Gasteiger partial charge in [-0.25, -0.2) is 0 Å². The van der Waals surface area contributed by atoms with Gasteiger partial charge in [0.15, 0.2) is 0 Å². The first-order valence-electron chi connectivity index (χ1n) is 19.9. The van der Waals surface area contributed by atoms with Gasteiger partial charge in [0, 0.05) is 6.42 Å². The van der Waals surface area contributed by atoms with E-state index < -0.39 is 28.0 Å². The van der Waals surface area contributed by atoms with E-state index in [1.807, 2.05) is 0 Å². The van der Waals surface area contributed by atoms with Gasteiger partial charge in [-0.15, -0.1) is 0 Å². The number of carbonyl (C=O) groups is 1. The molecule has 0 aliphatic rings. The molecule has 0 aromatic heterocycles. The van der Waals surface area contributed by atoms with Gasteiger partial charge >= 0.3 is 0 Å². The summed E-state index contributed by atoms with van der Waals surface area (Å²) >= 11 is 0. The molecule has 2 atom stereocenters. The Morgan fingerprint density at radius 3 is 1.47 bits per heavy atom. The molecule has 6 nitrogen and oxygen atoms in total. The Morgan fingerprint density at radius 1 is 0.549 bits per heavy atom. The zero-order valence-electron chi connectivity index (χ0n) is 32.2. The summed E-state index contributed by atoms with van der Waals surface area (Å²) in [6, 6.07) is -1.10. The normalized spacial score (nSPS) is 14.4. The van der Waals surface area contributed by atoms with Crippen LogP contribution in [0.5, 0.6) is 0 Å². The first-order valence-corrected chi connectivity index (χ1v) is 21.5. The van der Waals surface area contributed by atoms with Crippen molar-refractivity contribution in [1.29, 1.82) is 0 Å². The molecule has 0 saturated heterocycles. The predicted molar refractivity (Wildman–Crippen MR) is 220 cm³/mol. The number of unbranched alkanes of at least 4 members (excludes halogenated alkanes) is 12. The molecule has 0 spiro atoms. The molecule has 3 N–H and O–H groups in total. The van der Waals surface area contributed by atoms with Gasteiger partial charge < -0.3 is 10.4 Å². The van der Waals surface area contributed by atoms with Crippen molar-refractivity contribution in [3.63, 3.8) is 0 Å². The fourth-order valence-corrected chi connectivity index (χ4v) is 6.00. The number of nitrogens with one attached hydrogen (secondary N) is 1. The summed E-state index contributed by atoms with van der Waals surface area (Å²) in [5.41, 5.74) is 0. The quantitative estimate of drug-likeness (QED) is 0.0348. The second kappa shape index (κ2) is 37.0. The second-order valence-electron chi connectivity index (χ2n) is 13.2. The number of carbonyl (C=O) groups excluding carboxylic acids is 1. The van der Waals surface area contributed by atoms with Gasteiger partial charge in [-0.1, -0.05) is 156 Å². The van der Waals surface area contributed by atoms with E-state index in [0.29, 0.717) is 12.8 Å². The zero-order valence-corrected chi connectivity index (χ0v) is 33.0. The van der Waals surface area contributed by atoms with Crippen LogP contribution in [0.4, 0.5) is 0 Å². The maximum absolute atomic E-state index is 12.5. The Balaban J connectivity index is 4.08. The molecule has 0 fully saturated rings. The summed E-state index contributed by atoms with van der Waals surface area (Å²) in [7, 11) is -4.37. The maximum Gasteiger partial charge on any atom is 0.267 e. The highest BCUT2D eigenvalue weighted by Crippen LogP contribution is 2.10. The van der Waals surface area contributed by atoms with E-state index in [1.165, 1.54) is 38.2 Å². The van der Waals surface area contributed by atoms with Crippen LogP contribution in [0.1, 0.15) is 155 Å². The largest absolute Gasteiger partial charge is 0.387 e. The minimum absolute atomic E-state index is 0.256. The van der Waals surface area contributed by atoms with E-state index in [1.54, 1.807) is 6.08 Å². The number of allylic oxidation sites excluding steroid dienone is 15. The SMILES string of the molecule is CC/C=C\C/C=C\C/C=C\C/C=C\C/C=C\CCCCCCCC(=O)NC(CS(=O)(=O)O)C(O)/C=C/CC/C=C/CC/C=C/CCCCCCC. The predicted octanol–water partition coefficient (Wildman–Crippen LogP) is 11.8. The minimum atomic E-state index is -4.37. The van der Waals surface area contributed by atoms with Crippen molar-refractivity contribution in [2.75, 3.05) is 5.75 Å². The van der Waals surface area contributed by atoms with Gasteiger partial charge in [0.2, 0.25) is 5.91 Å². The minimum Gasteiger partial charge on any atom is -0.387 e.